The van der Waals surface area contributed by atoms with Gasteiger partial charge in [-0.1, -0.05) is 26.2 Å². The molecule has 1 amide bonds. The highest BCUT2D eigenvalue weighted by Crippen LogP contribution is 2.27. The normalized spacial score (nSPS) is 24.9. The van der Waals surface area contributed by atoms with E-state index in [1.165, 1.54) is 19.3 Å². The Morgan fingerprint density at radius 1 is 1.41 bits per heavy atom. The summed E-state index contributed by atoms with van der Waals surface area (Å²) in [5, 5.41) is 3.16. The van der Waals surface area contributed by atoms with Crippen molar-refractivity contribution in [2.75, 3.05) is 6.54 Å². The molecule has 0 radical (unpaired) electrons. The van der Waals surface area contributed by atoms with E-state index in [-0.39, 0.29) is 18.3 Å². The summed E-state index contributed by atoms with van der Waals surface area (Å²) >= 11 is 0. The molecule has 1 aliphatic carbocycles. The molecule has 3 N–H and O–H groups in total. The Kier molecular flexibility index (Phi) is 7.10. The monoisotopic (exact) mass is 262 g/mol. The molecule has 0 heterocycles. The van der Waals surface area contributed by atoms with Gasteiger partial charge in [0.25, 0.3) is 0 Å². The van der Waals surface area contributed by atoms with E-state index >= 15 is 0 Å². The van der Waals surface area contributed by atoms with Gasteiger partial charge in [-0.15, -0.1) is 12.4 Å². The molecule has 1 rings (SSSR count). The first-order chi connectivity index (χ1) is 7.49. The molecule has 0 aromatic carbocycles. The maximum Gasteiger partial charge on any atom is 0.227 e. The number of rotatable bonds is 4. The lowest BCUT2D eigenvalue weighted by Gasteiger charge is -2.32. The lowest BCUT2D eigenvalue weighted by Crippen LogP contribution is -2.47. The molecule has 0 bridgehead atoms. The summed E-state index contributed by atoms with van der Waals surface area (Å²) in [6.07, 6.45) is 6.06. The molecule has 0 aromatic heterocycles. The Morgan fingerprint density at radius 3 is 2.59 bits per heavy atom. The maximum atomic E-state index is 12.0. The Hall–Kier alpha value is -0.280. The van der Waals surface area contributed by atoms with Gasteiger partial charge in [0, 0.05) is 12.6 Å². The van der Waals surface area contributed by atoms with Crippen molar-refractivity contribution in [2.24, 2.45) is 17.1 Å². The van der Waals surface area contributed by atoms with Gasteiger partial charge in [0.15, 0.2) is 0 Å². The third kappa shape index (κ3) is 4.84. The van der Waals surface area contributed by atoms with Crippen molar-refractivity contribution in [1.29, 1.82) is 0 Å². The van der Waals surface area contributed by atoms with E-state index in [0.29, 0.717) is 12.6 Å². The highest BCUT2D eigenvalue weighted by atomic mass is 35.5. The zero-order chi connectivity index (χ0) is 12.2. The number of nitrogens with one attached hydrogen (secondary N) is 1. The van der Waals surface area contributed by atoms with Gasteiger partial charge in [-0.2, -0.15) is 0 Å². The fourth-order valence-corrected chi connectivity index (χ4v) is 2.27. The van der Waals surface area contributed by atoms with Crippen molar-refractivity contribution in [2.45, 2.75) is 58.9 Å². The van der Waals surface area contributed by atoms with Crippen molar-refractivity contribution >= 4 is 18.3 Å². The van der Waals surface area contributed by atoms with Crippen molar-refractivity contribution in [3.8, 4) is 0 Å². The number of carbonyl (C=O) groups is 1. The zero-order valence-electron chi connectivity index (χ0n) is 11.3. The van der Waals surface area contributed by atoms with E-state index in [9.17, 15) is 4.79 Å². The molecule has 0 aromatic rings. The Bertz CT molecular complexity index is 244. The lowest BCUT2D eigenvalue weighted by atomic mass is 9.83. The second kappa shape index (κ2) is 7.22. The van der Waals surface area contributed by atoms with Crippen LogP contribution in [-0.2, 0) is 4.79 Å². The number of carbonyl (C=O) groups excluding carboxylic acids is 1. The van der Waals surface area contributed by atoms with Crippen LogP contribution in [0.4, 0.5) is 0 Å². The Labute approximate surface area is 111 Å². The van der Waals surface area contributed by atoms with Crippen LogP contribution in [0.25, 0.3) is 0 Å². The molecule has 3 nitrogen and oxygen atoms in total. The molecule has 1 saturated carbocycles. The van der Waals surface area contributed by atoms with Gasteiger partial charge in [-0.3, -0.25) is 4.79 Å². The average molecular weight is 263 g/mol. The number of amides is 1. The third-order valence-electron chi connectivity index (χ3n) is 3.82. The molecule has 102 valence electrons. The van der Waals surface area contributed by atoms with Crippen molar-refractivity contribution in [3.63, 3.8) is 0 Å². The molecule has 2 unspecified atom stereocenters. The van der Waals surface area contributed by atoms with Crippen molar-refractivity contribution in [1.82, 2.24) is 5.32 Å². The largest absolute Gasteiger partial charge is 0.353 e. The highest BCUT2D eigenvalue weighted by molar-refractivity contribution is 5.85. The van der Waals surface area contributed by atoms with Crippen LogP contribution in [0.1, 0.15) is 52.9 Å². The molecule has 1 aliphatic rings. The van der Waals surface area contributed by atoms with Crippen molar-refractivity contribution in [3.05, 3.63) is 0 Å². The maximum absolute atomic E-state index is 12.0. The summed E-state index contributed by atoms with van der Waals surface area (Å²) in [7, 11) is 0. The summed E-state index contributed by atoms with van der Waals surface area (Å²) in [6, 6.07) is 0.372. The number of nitrogens with two attached hydrogens (primary N) is 1. The van der Waals surface area contributed by atoms with Crippen LogP contribution in [0.2, 0.25) is 0 Å². The Balaban J connectivity index is 0.00000256. The van der Waals surface area contributed by atoms with E-state index in [0.717, 1.165) is 18.8 Å². The first kappa shape index (κ1) is 16.7. The average Bonchev–Trinajstić information content (AvgIpc) is 2.29. The van der Waals surface area contributed by atoms with Crippen LogP contribution in [0.15, 0.2) is 0 Å². The second-order valence-corrected chi connectivity index (χ2v) is 5.70. The lowest BCUT2D eigenvalue weighted by molar-refractivity contribution is -0.129. The predicted octanol–water partition coefficient (Wildman–Crippen LogP) is 2.48. The fourth-order valence-electron chi connectivity index (χ4n) is 2.27. The van der Waals surface area contributed by atoms with Gasteiger partial charge in [-0.05, 0) is 32.6 Å². The summed E-state index contributed by atoms with van der Waals surface area (Å²) < 4.78 is 0. The molecule has 0 aliphatic heterocycles. The van der Waals surface area contributed by atoms with Gasteiger partial charge in [-0.25, -0.2) is 0 Å². The quantitative estimate of drug-likeness (QED) is 0.818. The summed E-state index contributed by atoms with van der Waals surface area (Å²) in [5.41, 5.74) is 5.17. The van der Waals surface area contributed by atoms with Gasteiger partial charge in [0.05, 0.1) is 5.41 Å². The van der Waals surface area contributed by atoms with Crippen LogP contribution >= 0.6 is 12.4 Å². The molecular formula is C13H27ClN2O. The molecule has 2 atom stereocenters. The van der Waals surface area contributed by atoms with E-state index in [1.54, 1.807) is 0 Å². The van der Waals surface area contributed by atoms with E-state index in [2.05, 4.69) is 12.2 Å². The van der Waals surface area contributed by atoms with Gasteiger partial charge >= 0.3 is 0 Å². The molecule has 4 heteroatoms. The molecular weight excluding hydrogens is 236 g/mol. The van der Waals surface area contributed by atoms with Crippen molar-refractivity contribution < 1.29 is 4.79 Å². The number of hydrogen-bond acceptors (Lipinski definition) is 2. The van der Waals surface area contributed by atoms with Crippen LogP contribution in [0.3, 0.4) is 0 Å². The predicted molar refractivity (Wildman–Crippen MR) is 74.3 cm³/mol. The second-order valence-electron chi connectivity index (χ2n) is 5.70. The van der Waals surface area contributed by atoms with E-state index < -0.39 is 5.41 Å². The molecule has 17 heavy (non-hydrogen) atoms. The number of hydrogen-bond donors (Lipinski definition) is 2. The number of halogens is 1. The Morgan fingerprint density at radius 2 is 2.06 bits per heavy atom. The van der Waals surface area contributed by atoms with Crippen LogP contribution in [0.5, 0.6) is 0 Å². The van der Waals surface area contributed by atoms with E-state index in [4.69, 9.17) is 5.73 Å². The fraction of sp³-hybridized carbons (Fsp3) is 0.923. The topological polar surface area (TPSA) is 55.1 Å². The minimum atomic E-state index is -0.431. The van der Waals surface area contributed by atoms with Crippen LogP contribution in [-0.4, -0.2) is 18.5 Å². The minimum Gasteiger partial charge on any atom is -0.353 e. The molecule has 0 saturated heterocycles. The zero-order valence-corrected chi connectivity index (χ0v) is 12.1. The van der Waals surface area contributed by atoms with Crippen LogP contribution in [0, 0.1) is 11.3 Å². The SMILES string of the molecule is CCC1CCCC(NC(=O)C(C)(C)CN)C1.Cl. The van der Waals surface area contributed by atoms with Crippen LogP contribution < -0.4 is 11.1 Å². The smallest absolute Gasteiger partial charge is 0.227 e. The van der Waals surface area contributed by atoms with E-state index in [1.807, 2.05) is 13.8 Å². The molecule has 0 spiro atoms. The van der Waals surface area contributed by atoms with Gasteiger partial charge in [0.2, 0.25) is 5.91 Å². The summed E-state index contributed by atoms with van der Waals surface area (Å²) in [4.78, 5) is 12.0. The first-order valence-electron chi connectivity index (χ1n) is 6.50. The minimum absolute atomic E-state index is 0. The summed E-state index contributed by atoms with van der Waals surface area (Å²) in [5.74, 6) is 0.900. The highest BCUT2D eigenvalue weighted by Gasteiger charge is 2.29. The van der Waals surface area contributed by atoms with Gasteiger partial charge in [0.1, 0.15) is 0 Å². The molecule has 1 fully saturated rings. The van der Waals surface area contributed by atoms with Gasteiger partial charge < -0.3 is 11.1 Å². The summed E-state index contributed by atoms with van der Waals surface area (Å²) in [6.45, 7) is 6.45. The first-order valence-corrected chi connectivity index (χ1v) is 6.50. The standard InChI is InChI=1S/C13H26N2O.ClH/c1-4-10-6-5-7-11(8-10)15-12(16)13(2,3)9-14;/h10-11H,4-9,14H2,1-3H3,(H,15,16);1H. The third-order valence-corrected chi connectivity index (χ3v) is 3.82.